The van der Waals surface area contributed by atoms with E-state index in [1.54, 1.807) is 10.9 Å². The number of aromatic nitrogens is 2. The maximum absolute atomic E-state index is 13.2. The van der Waals surface area contributed by atoms with E-state index in [0.717, 1.165) is 30.9 Å². The van der Waals surface area contributed by atoms with Crippen molar-refractivity contribution in [3.8, 4) is 5.69 Å². The highest BCUT2D eigenvalue weighted by Crippen LogP contribution is 2.28. The van der Waals surface area contributed by atoms with Crippen LogP contribution in [0.25, 0.3) is 5.69 Å². The molecule has 3 aromatic rings. The molecule has 1 amide bonds. The molecule has 1 unspecified atom stereocenters. The van der Waals surface area contributed by atoms with Gasteiger partial charge in [-0.1, -0.05) is 44.2 Å². The predicted molar refractivity (Wildman–Crippen MR) is 119 cm³/mol. The van der Waals surface area contributed by atoms with Crippen LogP contribution in [0.5, 0.6) is 0 Å². The zero-order valence-electron chi connectivity index (χ0n) is 18.0. The SMILES string of the molecule is C[C@@H]1CN(Cc2ccccc2)C[C@H](C)C1N(C)C(=O)c1ccc(-n2cccn2)cc1. The average Bonchev–Trinajstić information content (AvgIpc) is 3.28. The van der Waals surface area contributed by atoms with Gasteiger partial charge in [0.25, 0.3) is 5.91 Å². The fraction of sp³-hybridized carbons (Fsp3) is 0.360. The zero-order chi connectivity index (χ0) is 21.1. The third-order valence-corrected chi connectivity index (χ3v) is 6.16. The lowest BCUT2D eigenvalue weighted by molar-refractivity contribution is 0.0271. The van der Waals surface area contributed by atoms with E-state index in [-0.39, 0.29) is 11.9 Å². The van der Waals surface area contributed by atoms with Crippen molar-refractivity contribution in [3.05, 3.63) is 84.2 Å². The van der Waals surface area contributed by atoms with Crippen molar-refractivity contribution in [2.75, 3.05) is 20.1 Å². The number of hydrogen-bond acceptors (Lipinski definition) is 3. The number of likely N-dealkylation sites (tertiary alicyclic amines) is 1. The van der Waals surface area contributed by atoms with E-state index in [0.29, 0.717) is 11.8 Å². The molecular weight excluding hydrogens is 372 g/mol. The first-order valence-corrected chi connectivity index (χ1v) is 10.7. The molecule has 0 saturated carbocycles. The van der Waals surface area contributed by atoms with Crippen LogP contribution in [-0.2, 0) is 6.54 Å². The first-order chi connectivity index (χ1) is 14.5. The Balaban J connectivity index is 1.42. The van der Waals surface area contributed by atoms with Crippen molar-refractivity contribution >= 4 is 5.91 Å². The zero-order valence-corrected chi connectivity index (χ0v) is 18.0. The summed E-state index contributed by atoms with van der Waals surface area (Å²) < 4.78 is 1.80. The van der Waals surface area contributed by atoms with Crippen LogP contribution in [0.4, 0.5) is 0 Å². The topological polar surface area (TPSA) is 41.4 Å². The fourth-order valence-electron chi connectivity index (χ4n) is 4.92. The number of carbonyl (C=O) groups is 1. The Labute approximate surface area is 178 Å². The normalized spacial score (nSPS) is 22.0. The molecule has 2 aromatic carbocycles. The number of hydrogen-bond donors (Lipinski definition) is 0. The second kappa shape index (κ2) is 8.84. The van der Waals surface area contributed by atoms with Crippen molar-refractivity contribution in [3.63, 3.8) is 0 Å². The summed E-state index contributed by atoms with van der Waals surface area (Å²) in [5.41, 5.74) is 3.02. The molecular formula is C25H30N4O. The molecule has 0 radical (unpaired) electrons. The Morgan fingerprint density at radius 3 is 2.27 bits per heavy atom. The molecule has 0 aliphatic carbocycles. The van der Waals surface area contributed by atoms with E-state index >= 15 is 0 Å². The van der Waals surface area contributed by atoms with Crippen LogP contribution in [0.3, 0.4) is 0 Å². The van der Waals surface area contributed by atoms with E-state index in [9.17, 15) is 4.79 Å². The van der Waals surface area contributed by atoms with Crippen molar-refractivity contribution in [1.82, 2.24) is 19.6 Å². The van der Waals surface area contributed by atoms with Crippen molar-refractivity contribution in [2.45, 2.75) is 26.4 Å². The monoisotopic (exact) mass is 402 g/mol. The summed E-state index contributed by atoms with van der Waals surface area (Å²) in [7, 11) is 1.95. The van der Waals surface area contributed by atoms with E-state index < -0.39 is 0 Å². The van der Waals surface area contributed by atoms with Crippen LogP contribution in [0.15, 0.2) is 73.1 Å². The summed E-state index contributed by atoms with van der Waals surface area (Å²) in [5.74, 6) is 0.909. The van der Waals surface area contributed by atoms with Gasteiger partial charge in [-0.2, -0.15) is 5.10 Å². The van der Waals surface area contributed by atoms with Gasteiger partial charge in [-0.3, -0.25) is 9.69 Å². The Morgan fingerprint density at radius 2 is 1.67 bits per heavy atom. The first kappa shape index (κ1) is 20.4. The maximum Gasteiger partial charge on any atom is 0.253 e. The highest BCUT2D eigenvalue weighted by Gasteiger charge is 2.36. The first-order valence-electron chi connectivity index (χ1n) is 10.7. The van der Waals surface area contributed by atoms with Crippen molar-refractivity contribution in [1.29, 1.82) is 0 Å². The fourth-order valence-corrected chi connectivity index (χ4v) is 4.92. The van der Waals surface area contributed by atoms with Crippen LogP contribution in [0.2, 0.25) is 0 Å². The molecule has 0 bridgehead atoms. The average molecular weight is 403 g/mol. The number of carbonyl (C=O) groups excluding carboxylic acids is 1. The minimum atomic E-state index is 0.0854. The van der Waals surface area contributed by atoms with Crippen molar-refractivity contribution in [2.24, 2.45) is 11.8 Å². The van der Waals surface area contributed by atoms with Gasteiger partial charge < -0.3 is 4.90 Å². The summed E-state index contributed by atoms with van der Waals surface area (Å²) in [4.78, 5) is 17.7. The second-order valence-corrected chi connectivity index (χ2v) is 8.54. The highest BCUT2D eigenvalue weighted by atomic mass is 16.2. The van der Waals surface area contributed by atoms with Gasteiger partial charge in [-0.25, -0.2) is 4.68 Å². The number of rotatable bonds is 5. The molecule has 5 heteroatoms. The second-order valence-electron chi connectivity index (χ2n) is 8.54. The Hall–Kier alpha value is -2.92. The molecule has 1 fully saturated rings. The van der Waals surface area contributed by atoms with Crippen LogP contribution in [-0.4, -0.2) is 51.7 Å². The van der Waals surface area contributed by atoms with Gasteiger partial charge in [0.1, 0.15) is 0 Å². The molecule has 1 aliphatic rings. The lowest BCUT2D eigenvalue weighted by Crippen LogP contribution is -2.55. The molecule has 2 heterocycles. The third kappa shape index (κ3) is 4.31. The number of nitrogens with zero attached hydrogens (tertiary/aromatic N) is 4. The molecule has 1 aliphatic heterocycles. The molecule has 1 aromatic heterocycles. The van der Waals surface area contributed by atoms with E-state index in [1.165, 1.54) is 5.56 Å². The Morgan fingerprint density at radius 1 is 1.00 bits per heavy atom. The van der Waals surface area contributed by atoms with Gasteiger partial charge in [0.15, 0.2) is 0 Å². The van der Waals surface area contributed by atoms with Gasteiger partial charge in [0, 0.05) is 50.7 Å². The number of piperidine rings is 1. The Bertz CT molecular complexity index is 941. The van der Waals surface area contributed by atoms with Crippen molar-refractivity contribution < 1.29 is 4.79 Å². The quantitative estimate of drug-likeness (QED) is 0.645. The summed E-state index contributed by atoms with van der Waals surface area (Å²) >= 11 is 0. The lowest BCUT2D eigenvalue weighted by atomic mass is 9.84. The molecule has 4 rings (SSSR count). The lowest BCUT2D eigenvalue weighted by Gasteiger charge is -2.45. The number of benzene rings is 2. The maximum atomic E-state index is 13.2. The molecule has 0 N–H and O–H groups in total. The summed E-state index contributed by atoms with van der Waals surface area (Å²) in [6, 6.07) is 20.4. The standard InChI is InChI=1S/C25H30N4O/c1-19-16-28(18-21-8-5-4-6-9-21)17-20(2)24(19)27(3)25(30)22-10-12-23(13-11-22)29-15-7-14-26-29/h4-15,19-20,24H,16-18H2,1-3H3/t19-,20+,24?. The van der Waals surface area contributed by atoms with Gasteiger partial charge in [0.2, 0.25) is 0 Å². The largest absolute Gasteiger partial charge is 0.338 e. The highest BCUT2D eigenvalue weighted by molar-refractivity contribution is 5.94. The van der Waals surface area contributed by atoms with E-state index in [2.05, 4.69) is 54.2 Å². The van der Waals surface area contributed by atoms with Crippen LogP contribution < -0.4 is 0 Å². The molecule has 5 nitrogen and oxygen atoms in total. The molecule has 1 saturated heterocycles. The minimum absolute atomic E-state index is 0.0854. The number of amides is 1. The summed E-state index contributed by atoms with van der Waals surface area (Å²) in [6.07, 6.45) is 3.65. The molecule has 30 heavy (non-hydrogen) atoms. The Kier molecular flexibility index (Phi) is 6.00. The summed E-state index contributed by atoms with van der Waals surface area (Å²) in [6.45, 7) is 7.50. The molecule has 156 valence electrons. The summed E-state index contributed by atoms with van der Waals surface area (Å²) in [5, 5.41) is 4.24. The van der Waals surface area contributed by atoms with Gasteiger partial charge in [-0.15, -0.1) is 0 Å². The molecule has 0 spiro atoms. The molecule has 3 atom stereocenters. The third-order valence-electron chi connectivity index (χ3n) is 6.16. The van der Waals surface area contributed by atoms with Crippen LogP contribution in [0, 0.1) is 11.8 Å². The van der Waals surface area contributed by atoms with Gasteiger partial charge in [-0.05, 0) is 47.7 Å². The smallest absolute Gasteiger partial charge is 0.253 e. The predicted octanol–water partition coefficient (Wildman–Crippen LogP) is 4.10. The van der Waals surface area contributed by atoms with Gasteiger partial charge in [0.05, 0.1) is 5.69 Å². The van der Waals surface area contributed by atoms with Crippen LogP contribution in [0.1, 0.15) is 29.8 Å². The van der Waals surface area contributed by atoms with Gasteiger partial charge >= 0.3 is 0 Å². The van der Waals surface area contributed by atoms with E-state index in [4.69, 9.17) is 0 Å². The van der Waals surface area contributed by atoms with Crippen LogP contribution >= 0.6 is 0 Å². The minimum Gasteiger partial charge on any atom is -0.338 e. The van der Waals surface area contributed by atoms with E-state index in [1.807, 2.05) is 48.5 Å².